The minimum absolute atomic E-state index is 0.0698. The Morgan fingerprint density at radius 3 is 2.73 bits per heavy atom. The number of anilines is 1. The van der Waals surface area contributed by atoms with Crippen LogP contribution in [0.15, 0.2) is 48.7 Å². The van der Waals surface area contributed by atoms with Crippen molar-refractivity contribution >= 4 is 16.6 Å². The van der Waals surface area contributed by atoms with Gasteiger partial charge in [0.2, 0.25) is 0 Å². The summed E-state index contributed by atoms with van der Waals surface area (Å²) in [4.78, 5) is 2.43. The molecule has 5 rings (SSSR count). The molecule has 2 aliphatic rings. The number of fused-ring (bicyclic) bond motifs is 2. The van der Waals surface area contributed by atoms with Crippen molar-refractivity contribution in [2.75, 3.05) is 25.0 Å². The fourth-order valence-corrected chi connectivity index (χ4v) is 4.57. The molecule has 0 amide bonds. The second-order valence-electron chi connectivity index (χ2n) is 8.21. The van der Waals surface area contributed by atoms with Gasteiger partial charge in [0.15, 0.2) is 0 Å². The van der Waals surface area contributed by atoms with Gasteiger partial charge in [-0.15, -0.1) is 13.2 Å². The normalized spacial score (nSPS) is 24.6. The van der Waals surface area contributed by atoms with Crippen LogP contribution in [-0.2, 0) is 6.30 Å². The second-order valence-corrected chi connectivity index (χ2v) is 8.21. The molecule has 1 aromatic heterocycles. The van der Waals surface area contributed by atoms with E-state index in [0.29, 0.717) is 29.1 Å². The molecule has 0 spiro atoms. The molecule has 5 nitrogen and oxygen atoms in total. The Labute approximate surface area is 172 Å². The van der Waals surface area contributed by atoms with Gasteiger partial charge in [-0.3, -0.25) is 4.90 Å². The lowest BCUT2D eigenvalue weighted by Gasteiger charge is -2.40. The van der Waals surface area contributed by atoms with E-state index in [-0.39, 0.29) is 16.8 Å². The van der Waals surface area contributed by atoms with Crippen LogP contribution >= 0.6 is 0 Å². The third-order valence-electron chi connectivity index (χ3n) is 6.09. The van der Waals surface area contributed by atoms with Gasteiger partial charge in [-0.05, 0) is 37.1 Å². The number of nitrogens with one attached hydrogen (secondary N) is 1. The van der Waals surface area contributed by atoms with E-state index in [2.05, 4.69) is 22.2 Å². The highest BCUT2D eigenvalue weighted by molar-refractivity contribution is 5.91. The Kier molecular flexibility index (Phi) is 4.61. The summed E-state index contributed by atoms with van der Waals surface area (Å²) in [5.41, 5.74) is 1.97. The van der Waals surface area contributed by atoms with Gasteiger partial charge in [0, 0.05) is 29.4 Å². The van der Waals surface area contributed by atoms with Crippen LogP contribution in [-0.4, -0.2) is 40.4 Å². The van der Waals surface area contributed by atoms with Crippen LogP contribution in [0.2, 0.25) is 0 Å². The summed E-state index contributed by atoms with van der Waals surface area (Å²) >= 11 is 0. The quantitative estimate of drug-likeness (QED) is 0.668. The summed E-state index contributed by atoms with van der Waals surface area (Å²) in [7, 11) is 0. The van der Waals surface area contributed by atoms with Crippen LogP contribution in [0, 0.1) is 5.92 Å². The minimum atomic E-state index is -4.55. The van der Waals surface area contributed by atoms with E-state index in [4.69, 9.17) is 4.74 Å². The number of hydrogen-bond donors (Lipinski definition) is 1. The van der Waals surface area contributed by atoms with Crippen LogP contribution in [0.3, 0.4) is 0 Å². The lowest BCUT2D eigenvalue weighted by molar-refractivity contribution is -0.211. The Hall–Kier alpha value is -2.74. The number of benzene rings is 2. The zero-order chi connectivity index (χ0) is 20.9. The van der Waals surface area contributed by atoms with Gasteiger partial charge in [0.25, 0.3) is 0 Å². The fourth-order valence-electron chi connectivity index (χ4n) is 4.57. The van der Waals surface area contributed by atoms with Crippen LogP contribution in [0.25, 0.3) is 10.9 Å². The third kappa shape index (κ3) is 3.39. The summed E-state index contributed by atoms with van der Waals surface area (Å²) in [6.07, 6.45) is -2.36. The van der Waals surface area contributed by atoms with Crippen molar-refractivity contribution in [2.24, 2.45) is 5.92 Å². The average molecular weight is 416 g/mol. The summed E-state index contributed by atoms with van der Waals surface area (Å²) < 4.78 is 45.6. The van der Waals surface area contributed by atoms with E-state index in [9.17, 15) is 13.2 Å². The highest BCUT2D eigenvalue weighted by atomic mass is 19.4. The average Bonchev–Trinajstić information content (AvgIpc) is 3.35. The number of likely N-dealkylation sites (tertiary alicyclic amines) is 1. The first kappa shape index (κ1) is 19.2. The molecular formula is C22H23F3N4O. The van der Waals surface area contributed by atoms with Crippen molar-refractivity contribution in [1.82, 2.24) is 14.7 Å². The Balaban J connectivity index is 1.54. The van der Waals surface area contributed by atoms with E-state index in [1.54, 1.807) is 12.1 Å². The first-order valence-electron chi connectivity index (χ1n) is 10.2. The number of nitrogens with zero attached hydrogens (tertiary/aromatic N) is 3. The van der Waals surface area contributed by atoms with Crippen molar-refractivity contribution in [3.63, 3.8) is 0 Å². The van der Waals surface area contributed by atoms with Crippen molar-refractivity contribution in [3.8, 4) is 5.75 Å². The van der Waals surface area contributed by atoms with Crippen molar-refractivity contribution in [1.29, 1.82) is 0 Å². The molecule has 0 bridgehead atoms. The molecule has 3 atom stereocenters. The molecule has 1 N–H and O–H groups in total. The van der Waals surface area contributed by atoms with E-state index in [1.165, 1.54) is 0 Å². The summed E-state index contributed by atoms with van der Waals surface area (Å²) in [5.74, 6) is 1.44. The Bertz CT molecular complexity index is 1060. The van der Waals surface area contributed by atoms with Gasteiger partial charge in [-0.2, -0.15) is 9.78 Å². The highest BCUT2D eigenvalue weighted by Crippen LogP contribution is 2.39. The maximum Gasteiger partial charge on any atom is 0.504 e. The fraction of sp³-hybridized carbons (Fsp3) is 0.409. The Morgan fingerprint density at radius 2 is 1.97 bits per heavy atom. The lowest BCUT2D eigenvalue weighted by atomic mass is 9.94. The number of para-hydroxylation sites is 1. The van der Waals surface area contributed by atoms with Gasteiger partial charge in [-0.1, -0.05) is 31.2 Å². The second kappa shape index (κ2) is 7.19. The van der Waals surface area contributed by atoms with Gasteiger partial charge in [0.05, 0.1) is 17.6 Å². The maximum atomic E-state index is 13.2. The molecule has 2 aliphatic heterocycles. The number of rotatable bonds is 3. The number of ether oxygens (including phenoxy) is 1. The molecular weight excluding hydrogens is 393 g/mol. The van der Waals surface area contributed by atoms with Gasteiger partial charge >= 0.3 is 6.30 Å². The molecule has 3 heterocycles. The molecule has 0 radical (unpaired) electrons. The van der Waals surface area contributed by atoms with Gasteiger partial charge in [-0.25, -0.2) is 0 Å². The number of hydrogen-bond acceptors (Lipinski definition) is 4. The first-order chi connectivity index (χ1) is 14.4. The molecule has 0 saturated carbocycles. The van der Waals surface area contributed by atoms with E-state index >= 15 is 0 Å². The van der Waals surface area contributed by atoms with E-state index in [0.717, 1.165) is 37.0 Å². The maximum absolute atomic E-state index is 13.2. The largest absolute Gasteiger partial charge is 0.504 e. The molecule has 1 fully saturated rings. The lowest BCUT2D eigenvalue weighted by Crippen LogP contribution is -2.47. The molecule has 2 aromatic carbocycles. The molecule has 3 unspecified atom stereocenters. The first-order valence-corrected chi connectivity index (χ1v) is 10.2. The SMILES string of the molecule is CC1CCN(C2COc3ccccc3C2Nc2cccc3nn(C(F)(F)F)cc23)C1. The standard InChI is InChI=1S/C22H23F3N4O/c1-14-9-10-28(11-14)19-13-30-20-8-3-2-5-15(20)21(19)26-17-6-4-7-18-16(17)12-29(27-18)22(23,24)25/h2-8,12,14,19,21,26H,9-11,13H2,1H3. The summed E-state index contributed by atoms with van der Waals surface area (Å²) in [6.45, 7) is 4.77. The minimum Gasteiger partial charge on any atom is -0.491 e. The van der Waals surface area contributed by atoms with Crippen LogP contribution in [0.4, 0.5) is 18.9 Å². The van der Waals surface area contributed by atoms with E-state index < -0.39 is 6.30 Å². The van der Waals surface area contributed by atoms with Gasteiger partial charge in [0.1, 0.15) is 12.4 Å². The molecule has 1 saturated heterocycles. The summed E-state index contributed by atoms with van der Waals surface area (Å²) in [6, 6.07) is 13.0. The van der Waals surface area contributed by atoms with Crippen LogP contribution < -0.4 is 10.1 Å². The van der Waals surface area contributed by atoms with Crippen molar-refractivity contribution < 1.29 is 17.9 Å². The van der Waals surface area contributed by atoms with Crippen LogP contribution in [0.5, 0.6) is 5.75 Å². The summed E-state index contributed by atoms with van der Waals surface area (Å²) in [5, 5.41) is 7.70. The van der Waals surface area contributed by atoms with Crippen LogP contribution in [0.1, 0.15) is 24.9 Å². The monoisotopic (exact) mass is 416 g/mol. The third-order valence-corrected chi connectivity index (χ3v) is 6.09. The molecule has 3 aromatic rings. The van der Waals surface area contributed by atoms with Gasteiger partial charge < -0.3 is 10.1 Å². The highest BCUT2D eigenvalue weighted by Gasteiger charge is 2.38. The van der Waals surface area contributed by atoms with E-state index in [1.807, 2.05) is 30.3 Å². The number of aromatic nitrogens is 2. The topological polar surface area (TPSA) is 42.3 Å². The predicted molar refractivity (Wildman–Crippen MR) is 108 cm³/mol. The van der Waals surface area contributed by atoms with Crippen molar-refractivity contribution in [3.05, 3.63) is 54.2 Å². The zero-order valence-electron chi connectivity index (χ0n) is 16.6. The molecule has 30 heavy (non-hydrogen) atoms. The van der Waals surface area contributed by atoms with Crippen molar-refractivity contribution in [2.45, 2.75) is 31.7 Å². The smallest absolute Gasteiger partial charge is 0.491 e. The molecule has 0 aliphatic carbocycles. The Morgan fingerprint density at radius 1 is 1.13 bits per heavy atom. The predicted octanol–water partition coefficient (Wildman–Crippen LogP) is 4.77. The number of halogens is 3. The molecule has 158 valence electrons. The zero-order valence-corrected chi connectivity index (χ0v) is 16.6. The number of alkyl halides is 3. The molecule has 8 heteroatoms.